The molecule has 3 heterocycles. The van der Waals surface area contributed by atoms with Gasteiger partial charge in [0.05, 0.1) is 25.0 Å². The molecule has 0 fully saturated rings. The molecule has 9 nitrogen and oxygen atoms in total. The Bertz CT molecular complexity index is 973. The molecule has 1 unspecified atom stereocenters. The van der Waals surface area contributed by atoms with Gasteiger partial charge in [0, 0.05) is 23.4 Å². The van der Waals surface area contributed by atoms with E-state index in [-0.39, 0.29) is 12.6 Å². The van der Waals surface area contributed by atoms with Gasteiger partial charge < -0.3 is 13.9 Å². The van der Waals surface area contributed by atoms with Gasteiger partial charge in [-0.05, 0) is 25.8 Å². The number of nitrogens with zero attached hydrogens (tertiary/aromatic N) is 5. The number of hydrogen-bond donors (Lipinski definition) is 1. The van der Waals surface area contributed by atoms with Gasteiger partial charge in [-0.25, -0.2) is 24.7 Å². The Morgan fingerprint density at radius 3 is 2.68 bits per heavy atom. The molecule has 3 rings (SSSR count). The molecule has 0 saturated heterocycles. The normalized spacial score (nSPS) is 12.6. The van der Waals surface area contributed by atoms with Crippen molar-refractivity contribution in [2.45, 2.75) is 46.2 Å². The summed E-state index contributed by atoms with van der Waals surface area (Å²) < 4.78 is 31.4. The van der Waals surface area contributed by atoms with Crippen LogP contribution >= 0.6 is 0 Å². The van der Waals surface area contributed by atoms with Gasteiger partial charge in [0.25, 0.3) is 0 Å². The molecule has 0 amide bonds. The highest BCUT2D eigenvalue weighted by molar-refractivity contribution is 7.77. The van der Waals surface area contributed by atoms with Crippen LogP contribution < -0.4 is 9.46 Å². The first-order valence-electron chi connectivity index (χ1n) is 9.24. The number of imidazole rings is 1. The van der Waals surface area contributed by atoms with Gasteiger partial charge in [-0.15, -0.1) is 0 Å². The minimum atomic E-state index is -2.36. The average molecular weight is 403 g/mol. The molecule has 0 spiro atoms. The van der Waals surface area contributed by atoms with Crippen LogP contribution in [0.4, 0.5) is 0 Å². The zero-order valence-corrected chi connectivity index (χ0v) is 16.9. The smallest absolute Gasteiger partial charge is 0.213 e. The third-order valence-electron chi connectivity index (χ3n) is 4.38. The molecule has 0 bridgehead atoms. The number of aromatic nitrogens is 5. The van der Waals surface area contributed by atoms with Crippen LogP contribution in [0, 0.1) is 0 Å². The Labute approximate surface area is 166 Å². The first kappa shape index (κ1) is 20.3. The second-order valence-electron chi connectivity index (χ2n) is 6.13. The van der Waals surface area contributed by atoms with Crippen LogP contribution in [0.1, 0.15) is 45.3 Å². The highest BCUT2D eigenvalue weighted by Gasteiger charge is 2.21. The lowest BCUT2D eigenvalue weighted by Crippen LogP contribution is -2.17. The minimum absolute atomic E-state index is 0.0700. The van der Waals surface area contributed by atoms with Crippen LogP contribution in [0.25, 0.3) is 22.8 Å². The summed E-state index contributed by atoms with van der Waals surface area (Å²) in [5.41, 5.74) is 2.31. The van der Waals surface area contributed by atoms with Crippen molar-refractivity contribution in [2.75, 3.05) is 6.61 Å². The molecule has 0 radical (unpaired) electrons. The Hall–Kier alpha value is -2.43. The van der Waals surface area contributed by atoms with Crippen molar-refractivity contribution in [3.05, 3.63) is 30.1 Å². The molecule has 3 aromatic heterocycles. The van der Waals surface area contributed by atoms with Crippen LogP contribution in [-0.4, -0.2) is 39.9 Å². The van der Waals surface area contributed by atoms with E-state index in [1.54, 1.807) is 6.07 Å². The first-order valence-corrected chi connectivity index (χ1v) is 10.3. The molecular formula is C18H23N6O3S-. The number of fused-ring (bicyclic) bond motifs is 1. The topological polar surface area (TPSA) is 118 Å². The summed E-state index contributed by atoms with van der Waals surface area (Å²) in [5.74, 6) is 1.20. The molecule has 28 heavy (non-hydrogen) atoms. The van der Waals surface area contributed by atoms with Crippen molar-refractivity contribution in [1.82, 2.24) is 29.2 Å². The van der Waals surface area contributed by atoms with Gasteiger partial charge in [-0.2, -0.15) is 0 Å². The number of ether oxygens (including phenoxy) is 1. The van der Waals surface area contributed by atoms with Crippen molar-refractivity contribution in [1.29, 1.82) is 0 Å². The van der Waals surface area contributed by atoms with Crippen LogP contribution in [0.2, 0.25) is 0 Å². The molecular weight excluding hydrogens is 380 g/mol. The lowest BCUT2D eigenvalue weighted by atomic mass is 10.1. The van der Waals surface area contributed by atoms with E-state index in [1.807, 2.05) is 23.6 Å². The second-order valence-corrected chi connectivity index (χ2v) is 6.89. The number of hydrogen-bond acceptors (Lipinski definition) is 7. The minimum Gasteiger partial charge on any atom is -0.760 e. The van der Waals surface area contributed by atoms with E-state index in [0.29, 0.717) is 41.0 Å². The quantitative estimate of drug-likeness (QED) is 0.545. The van der Waals surface area contributed by atoms with Gasteiger partial charge >= 0.3 is 0 Å². The summed E-state index contributed by atoms with van der Waals surface area (Å²) >= 11 is -2.36. The highest BCUT2D eigenvalue weighted by atomic mass is 32.2. The molecule has 10 heteroatoms. The Morgan fingerprint density at radius 1 is 1.21 bits per heavy atom. The fourth-order valence-corrected chi connectivity index (χ4v) is 3.34. The van der Waals surface area contributed by atoms with Gasteiger partial charge in [0.2, 0.25) is 5.88 Å². The molecule has 150 valence electrons. The van der Waals surface area contributed by atoms with Crippen molar-refractivity contribution in [2.24, 2.45) is 0 Å². The zero-order valence-electron chi connectivity index (χ0n) is 16.1. The van der Waals surface area contributed by atoms with Crippen molar-refractivity contribution >= 4 is 22.6 Å². The Balaban J connectivity index is 2.14. The fourth-order valence-electron chi connectivity index (χ4n) is 3.07. The summed E-state index contributed by atoms with van der Waals surface area (Å²) in [6.45, 7) is 6.72. The van der Waals surface area contributed by atoms with Gasteiger partial charge in [0.1, 0.15) is 5.69 Å². The number of pyridine rings is 1. The number of rotatable bonds is 9. The average Bonchev–Trinajstić information content (AvgIpc) is 3.07. The van der Waals surface area contributed by atoms with Crippen molar-refractivity contribution < 1.29 is 13.5 Å². The summed E-state index contributed by atoms with van der Waals surface area (Å²) in [4.78, 5) is 18.2. The van der Waals surface area contributed by atoms with Crippen LogP contribution in [0.15, 0.2) is 24.4 Å². The van der Waals surface area contributed by atoms with E-state index >= 15 is 0 Å². The van der Waals surface area contributed by atoms with Crippen molar-refractivity contribution in [3.63, 3.8) is 0 Å². The molecule has 0 aromatic carbocycles. The lowest BCUT2D eigenvalue weighted by Gasteiger charge is -2.18. The summed E-state index contributed by atoms with van der Waals surface area (Å²) in [5, 5.41) is 0. The van der Waals surface area contributed by atoms with Crippen LogP contribution in [0.5, 0.6) is 5.88 Å². The third kappa shape index (κ3) is 4.34. The third-order valence-corrected chi connectivity index (χ3v) is 4.76. The second kappa shape index (κ2) is 9.18. The van der Waals surface area contributed by atoms with E-state index in [1.165, 1.54) is 6.20 Å². The first-order chi connectivity index (χ1) is 13.6. The van der Waals surface area contributed by atoms with E-state index in [9.17, 15) is 8.76 Å². The predicted octanol–water partition coefficient (Wildman–Crippen LogP) is 2.53. The fraction of sp³-hybridized carbons (Fsp3) is 0.444. The van der Waals surface area contributed by atoms with Gasteiger partial charge in [-0.1, -0.05) is 19.9 Å². The summed E-state index contributed by atoms with van der Waals surface area (Å²) in [6.07, 6.45) is 3.30. The summed E-state index contributed by atoms with van der Waals surface area (Å²) in [6, 6.07) is 5.72. The van der Waals surface area contributed by atoms with Crippen LogP contribution in [0.3, 0.4) is 0 Å². The monoisotopic (exact) mass is 403 g/mol. The van der Waals surface area contributed by atoms with E-state index in [0.717, 1.165) is 12.8 Å². The molecule has 0 saturated carbocycles. The molecule has 0 aliphatic carbocycles. The van der Waals surface area contributed by atoms with E-state index in [2.05, 4.69) is 38.5 Å². The molecule has 3 aromatic rings. The van der Waals surface area contributed by atoms with E-state index < -0.39 is 11.3 Å². The van der Waals surface area contributed by atoms with E-state index in [4.69, 9.17) is 4.74 Å². The standard InChI is InChI=1S/C18H24N6O3S/c1-4-13(5-2)24-17(14-8-7-9-15(22-14)27-6-3)23-16-18(24)21-12(10-19-16)11-20-28(25)26/h7-10,13,20H,4-6,11H2,1-3H3,(H,25,26)/p-1. The maximum Gasteiger partial charge on any atom is 0.213 e. The maximum atomic E-state index is 10.8. The molecule has 1 N–H and O–H groups in total. The summed E-state index contributed by atoms with van der Waals surface area (Å²) in [7, 11) is 0. The Morgan fingerprint density at radius 2 is 2.00 bits per heavy atom. The maximum absolute atomic E-state index is 10.8. The number of nitrogens with one attached hydrogen (secondary N) is 1. The molecule has 0 aliphatic rings. The Kier molecular flexibility index (Phi) is 6.65. The predicted molar refractivity (Wildman–Crippen MR) is 105 cm³/mol. The lowest BCUT2D eigenvalue weighted by molar-refractivity contribution is 0.327. The van der Waals surface area contributed by atoms with Gasteiger partial charge in [0.15, 0.2) is 17.1 Å². The highest BCUT2D eigenvalue weighted by Crippen LogP contribution is 2.29. The largest absolute Gasteiger partial charge is 0.760 e. The zero-order chi connectivity index (χ0) is 20.1. The van der Waals surface area contributed by atoms with Crippen LogP contribution in [-0.2, 0) is 17.8 Å². The SMILES string of the molecule is CCOc1cccc(-c2nc3ncc(CNS(=O)[O-])nc3n2C(CC)CC)n1. The molecule has 0 aliphatic heterocycles. The molecule has 1 atom stereocenters. The van der Waals surface area contributed by atoms with Crippen molar-refractivity contribution in [3.8, 4) is 17.4 Å². The van der Waals surface area contributed by atoms with Gasteiger partial charge in [-0.3, -0.25) is 4.21 Å².